The Morgan fingerprint density at radius 3 is 2.17 bits per heavy atom. The number of hydrogen-bond donors (Lipinski definition) is 2. The summed E-state index contributed by atoms with van der Waals surface area (Å²) in [6.45, 7) is 0. The molecule has 0 atom stereocenters. The number of carbonyl (C=O) groups excluding carboxylic acids is 2. The van der Waals surface area contributed by atoms with Crippen molar-refractivity contribution in [1.82, 2.24) is 0 Å². The first-order valence-electron chi connectivity index (χ1n) is 4.15. The van der Waals surface area contributed by atoms with Gasteiger partial charge in [0.25, 0.3) is 0 Å². The average Bonchev–Trinajstić information content (AvgIpc) is 2.68. The Morgan fingerprint density at radius 2 is 1.83 bits per heavy atom. The summed E-state index contributed by atoms with van der Waals surface area (Å²) in [5.74, 6) is -0.540. The van der Waals surface area contributed by atoms with Gasteiger partial charge in [0.15, 0.2) is 0 Å². The third-order valence-electron chi connectivity index (χ3n) is 2.45. The van der Waals surface area contributed by atoms with Crippen LogP contribution >= 0.6 is 0 Å². The molecule has 0 aliphatic heterocycles. The van der Waals surface area contributed by atoms with Gasteiger partial charge in [-0.1, -0.05) is 0 Å². The van der Waals surface area contributed by atoms with Gasteiger partial charge in [0.05, 0.1) is 0 Å². The molecule has 0 aromatic carbocycles. The van der Waals surface area contributed by atoms with E-state index in [2.05, 4.69) is 0 Å². The molecule has 0 spiro atoms. The molecule has 0 bridgehead atoms. The van der Waals surface area contributed by atoms with E-state index in [-0.39, 0.29) is 17.2 Å². The van der Waals surface area contributed by atoms with Crippen LogP contribution in [0.4, 0.5) is 0 Å². The zero-order valence-electron chi connectivity index (χ0n) is 7.01. The monoisotopic (exact) mass is 170 g/mol. The van der Waals surface area contributed by atoms with Gasteiger partial charge in [-0.05, 0) is 25.7 Å². The van der Waals surface area contributed by atoms with Crippen LogP contribution in [0, 0.1) is 5.41 Å². The average molecular weight is 170 g/mol. The number of rotatable bonds is 5. The van der Waals surface area contributed by atoms with E-state index in [1.807, 2.05) is 0 Å². The molecule has 68 valence electrons. The largest absolute Gasteiger partial charge is 0.370 e. The lowest BCUT2D eigenvalue weighted by molar-refractivity contribution is -0.124. The molecule has 0 aromatic rings. The van der Waals surface area contributed by atoms with Crippen molar-refractivity contribution in [3.05, 3.63) is 0 Å². The molecule has 1 fully saturated rings. The summed E-state index contributed by atoms with van der Waals surface area (Å²) in [5, 5.41) is 0. The molecule has 0 saturated heterocycles. The molecule has 4 nitrogen and oxygen atoms in total. The molecular weight excluding hydrogens is 156 g/mol. The van der Waals surface area contributed by atoms with E-state index in [9.17, 15) is 9.59 Å². The van der Waals surface area contributed by atoms with Crippen molar-refractivity contribution >= 4 is 11.8 Å². The van der Waals surface area contributed by atoms with Gasteiger partial charge in [-0.25, -0.2) is 0 Å². The molecule has 1 rings (SSSR count). The standard InChI is InChI=1S/C8H14N2O2/c9-6(11)2-1-3-8(4-5-8)7(10)12/h1-5H2,(H2,9,11)(H2,10,12). The van der Waals surface area contributed by atoms with Crippen molar-refractivity contribution < 1.29 is 9.59 Å². The van der Waals surface area contributed by atoms with Crippen molar-refractivity contribution in [2.45, 2.75) is 32.1 Å². The third-order valence-corrected chi connectivity index (χ3v) is 2.45. The minimum absolute atomic E-state index is 0.230. The molecule has 1 saturated carbocycles. The van der Waals surface area contributed by atoms with Crippen LogP contribution in [0.2, 0.25) is 0 Å². The van der Waals surface area contributed by atoms with Crippen LogP contribution < -0.4 is 11.5 Å². The van der Waals surface area contributed by atoms with Crippen molar-refractivity contribution in [3.8, 4) is 0 Å². The molecule has 4 heteroatoms. The lowest BCUT2D eigenvalue weighted by atomic mass is 9.98. The summed E-state index contributed by atoms with van der Waals surface area (Å²) >= 11 is 0. The van der Waals surface area contributed by atoms with Crippen LogP contribution in [0.25, 0.3) is 0 Å². The summed E-state index contributed by atoms with van der Waals surface area (Å²) < 4.78 is 0. The van der Waals surface area contributed by atoms with E-state index in [4.69, 9.17) is 11.5 Å². The van der Waals surface area contributed by atoms with Gasteiger partial charge < -0.3 is 11.5 Å². The summed E-state index contributed by atoms with van der Waals surface area (Å²) in [4.78, 5) is 21.2. The van der Waals surface area contributed by atoms with Crippen molar-refractivity contribution in [3.63, 3.8) is 0 Å². The lowest BCUT2D eigenvalue weighted by Crippen LogP contribution is -2.25. The molecule has 0 unspecified atom stereocenters. The van der Waals surface area contributed by atoms with Crippen molar-refractivity contribution in [1.29, 1.82) is 0 Å². The number of carbonyl (C=O) groups is 2. The number of amides is 2. The van der Waals surface area contributed by atoms with Crippen LogP contribution in [0.3, 0.4) is 0 Å². The molecule has 1 aliphatic carbocycles. The van der Waals surface area contributed by atoms with Gasteiger partial charge >= 0.3 is 0 Å². The molecular formula is C8H14N2O2. The zero-order valence-corrected chi connectivity index (χ0v) is 7.01. The molecule has 0 radical (unpaired) electrons. The Balaban J connectivity index is 2.23. The predicted molar refractivity (Wildman–Crippen MR) is 43.9 cm³/mol. The molecule has 2 amide bonds. The molecule has 12 heavy (non-hydrogen) atoms. The first-order valence-corrected chi connectivity index (χ1v) is 4.15. The first kappa shape index (κ1) is 9.03. The molecule has 0 heterocycles. The van der Waals surface area contributed by atoms with Crippen LogP contribution in [-0.2, 0) is 9.59 Å². The van der Waals surface area contributed by atoms with E-state index in [1.165, 1.54) is 0 Å². The highest BCUT2D eigenvalue weighted by molar-refractivity contribution is 5.83. The maximum Gasteiger partial charge on any atom is 0.223 e. The predicted octanol–water partition coefficient (Wildman–Crippen LogP) is -0.0925. The molecule has 1 aliphatic rings. The van der Waals surface area contributed by atoms with E-state index >= 15 is 0 Å². The topological polar surface area (TPSA) is 86.2 Å². The van der Waals surface area contributed by atoms with E-state index in [0.717, 1.165) is 12.8 Å². The Morgan fingerprint density at radius 1 is 1.25 bits per heavy atom. The maximum atomic E-state index is 10.9. The second kappa shape index (κ2) is 3.13. The van der Waals surface area contributed by atoms with Gasteiger partial charge in [0.2, 0.25) is 11.8 Å². The SMILES string of the molecule is NC(=O)CCCC1(C(N)=O)CC1. The Kier molecular flexibility index (Phi) is 2.35. The molecule has 0 aromatic heterocycles. The van der Waals surface area contributed by atoms with E-state index in [0.29, 0.717) is 19.3 Å². The van der Waals surface area contributed by atoms with E-state index < -0.39 is 0 Å². The molecule has 4 N–H and O–H groups in total. The fourth-order valence-corrected chi connectivity index (χ4v) is 1.37. The van der Waals surface area contributed by atoms with Crippen molar-refractivity contribution in [2.24, 2.45) is 16.9 Å². The smallest absolute Gasteiger partial charge is 0.223 e. The number of nitrogens with two attached hydrogens (primary N) is 2. The summed E-state index contributed by atoms with van der Waals surface area (Å²) in [7, 11) is 0. The quantitative estimate of drug-likeness (QED) is 0.604. The Bertz CT molecular complexity index is 209. The Labute approximate surface area is 71.3 Å². The van der Waals surface area contributed by atoms with E-state index in [1.54, 1.807) is 0 Å². The maximum absolute atomic E-state index is 10.9. The summed E-state index contributed by atoms with van der Waals surface area (Å²) in [6.07, 6.45) is 3.50. The summed E-state index contributed by atoms with van der Waals surface area (Å²) in [5.41, 5.74) is 9.88. The van der Waals surface area contributed by atoms with Gasteiger partial charge in [0, 0.05) is 11.8 Å². The number of primary amides is 2. The first-order chi connectivity index (χ1) is 5.57. The Hall–Kier alpha value is -1.06. The highest BCUT2D eigenvalue weighted by atomic mass is 16.1. The third kappa shape index (κ3) is 1.96. The second-order valence-corrected chi connectivity index (χ2v) is 3.46. The number of hydrogen-bond acceptors (Lipinski definition) is 2. The normalized spacial score (nSPS) is 18.7. The highest BCUT2D eigenvalue weighted by Crippen LogP contribution is 2.49. The minimum atomic E-state index is -0.310. The fourth-order valence-electron chi connectivity index (χ4n) is 1.37. The van der Waals surface area contributed by atoms with Gasteiger partial charge in [-0.3, -0.25) is 9.59 Å². The zero-order chi connectivity index (χ0) is 9.19. The summed E-state index contributed by atoms with van der Waals surface area (Å²) in [6, 6.07) is 0. The van der Waals surface area contributed by atoms with Crippen LogP contribution in [0.5, 0.6) is 0 Å². The van der Waals surface area contributed by atoms with Gasteiger partial charge in [0.1, 0.15) is 0 Å². The van der Waals surface area contributed by atoms with Crippen LogP contribution in [0.15, 0.2) is 0 Å². The van der Waals surface area contributed by atoms with Gasteiger partial charge in [-0.15, -0.1) is 0 Å². The van der Waals surface area contributed by atoms with Crippen LogP contribution in [-0.4, -0.2) is 11.8 Å². The fraction of sp³-hybridized carbons (Fsp3) is 0.750. The lowest BCUT2D eigenvalue weighted by Gasteiger charge is -2.08. The van der Waals surface area contributed by atoms with Gasteiger partial charge in [-0.2, -0.15) is 0 Å². The highest BCUT2D eigenvalue weighted by Gasteiger charge is 2.47. The second-order valence-electron chi connectivity index (χ2n) is 3.46. The minimum Gasteiger partial charge on any atom is -0.370 e. The van der Waals surface area contributed by atoms with Crippen LogP contribution in [0.1, 0.15) is 32.1 Å². The van der Waals surface area contributed by atoms with Crippen molar-refractivity contribution in [2.75, 3.05) is 0 Å².